The van der Waals surface area contributed by atoms with Crippen LogP contribution >= 0.6 is 0 Å². The average Bonchev–Trinajstić information content (AvgIpc) is 3.11. The minimum Gasteiger partial charge on any atom is -0.357 e. The zero-order chi connectivity index (χ0) is 20.1. The smallest absolute Gasteiger partial charge is 0.267 e. The molecule has 2 aromatic rings. The van der Waals surface area contributed by atoms with Crippen LogP contribution in [0.15, 0.2) is 30.9 Å². The predicted molar refractivity (Wildman–Crippen MR) is 109 cm³/mol. The second-order valence-corrected chi connectivity index (χ2v) is 8.20. The minimum absolute atomic E-state index is 0.0682. The van der Waals surface area contributed by atoms with Crippen molar-refractivity contribution in [1.29, 1.82) is 0 Å². The minimum atomic E-state index is -0.0682. The third-order valence-corrected chi connectivity index (χ3v) is 5.97. The van der Waals surface area contributed by atoms with Crippen molar-refractivity contribution in [3.8, 4) is 0 Å². The molecule has 2 aromatic heterocycles. The first-order chi connectivity index (χ1) is 14.2. The van der Waals surface area contributed by atoms with Crippen LogP contribution in [-0.2, 0) is 11.2 Å². The zero-order valence-corrected chi connectivity index (χ0v) is 16.7. The number of rotatable bonds is 10. The van der Waals surface area contributed by atoms with Crippen LogP contribution in [0, 0.1) is 5.92 Å². The van der Waals surface area contributed by atoms with Crippen LogP contribution in [-0.4, -0.2) is 63.4 Å². The molecule has 1 saturated carbocycles. The SMILES string of the molecule is O=C(C[C@H]1CC[C@@H](CNC(=O)c2ccc[nH]2)N1CC1CC1)NCCc1cnc[nH]1. The molecule has 2 atom stereocenters. The maximum Gasteiger partial charge on any atom is 0.267 e. The van der Waals surface area contributed by atoms with E-state index in [1.54, 1.807) is 24.8 Å². The number of likely N-dealkylation sites (tertiary alicyclic amines) is 1. The Hall–Kier alpha value is -2.61. The molecule has 1 aliphatic carbocycles. The van der Waals surface area contributed by atoms with Crippen LogP contribution in [0.2, 0.25) is 0 Å². The molecule has 2 aliphatic rings. The van der Waals surface area contributed by atoms with E-state index in [9.17, 15) is 9.59 Å². The van der Waals surface area contributed by atoms with Gasteiger partial charge in [-0.25, -0.2) is 4.98 Å². The Bertz CT molecular complexity index is 784. The number of aromatic amines is 2. The van der Waals surface area contributed by atoms with Crippen LogP contribution < -0.4 is 10.6 Å². The molecule has 0 radical (unpaired) electrons. The van der Waals surface area contributed by atoms with Gasteiger partial charge in [0.15, 0.2) is 0 Å². The molecule has 29 heavy (non-hydrogen) atoms. The molecule has 1 saturated heterocycles. The molecule has 0 spiro atoms. The summed E-state index contributed by atoms with van der Waals surface area (Å²) in [7, 11) is 0. The van der Waals surface area contributed by atoms with Gasteiger partial charge in [-0.3, -0.25) is 14.5 Å². The summed E-state index contributed by atoms with van der Waals surface area (Å²) in [5, 5.41) is 6.09. The third-order valence-electron chi connectivity index (χ3n) is 5.97. The van der Waals surface area contributed by atoms with Crippen molar-refractivity contribution in [2.75, 3.05) is 19.6 Å². The van der Waals surface area contributed by atoms with Crippen molar-refractivity contribution in [1.82, 2.24) is 30.5 Å². The van der Waals surface area contributed by atoms with E-state index in [1.165, 1.54) is 12.8 Å². The molecular formula is C21H30N6O2. The zero-order valence-electron chi connectivity index (χ0n) is 16.7. The standard InChI is InChI=1S/C21H30N6O2/c28-20(24-9-7-16-11-22-14-26-16)10-17-5-6-18(27(17)13-15-3-4-15)12-25-21(29)19-2-1-8-23-19/h1-2,8,11,14-15,17-18,23H,3-7,9-10,12-13H2,(H,22,26)(H,24,28)(H,25,29)/t17-,18+/m1/s1. The number of aromatic nitrogens is 3. The van der Waals surface area contributed by atoms with E-state index in [-0.39, 0.29) is 17.9 Å². The molecule has 1 aliphatic heterocycles. The lowest BCUT2D eigenvalue weighted by molar-refractivity contribution is -0.122. The van der Waals surface area contributed by atoms with Gasteiger partial charge in [0.2, 0.25) is 5.91 Å². The van der Waals surface area contributed by atoms with Gasteiger partial charge in [-0.05, 0) is 43.7 Å². The fraction of sp³-hybridized carbons (Fsp3) is 0.571. The predicted octanol–water partition coefficient (Wildman–Crippen LogP) is 1.46. The lowest BCUT2D eigenvalue weighted by Gasteiger charge is -2.30. The Morgan fingerprint density at radius 3 is 2.72 bits per heavy atom. The Morgan fingerprint density at radius 2 is 2.00 bits per heavy atom. The highest BCUT2D eigenvalue weighted by Gasteiger charge is 2.38. The lowest BCUT2D eigenvalue weighted by atomic mass is 10.1. The third kappa shape index (κ3) is 5.47. The molecule has 8 heteroatoms. The molecule has 0 unspecified atom stereocenters. The van der Waals surface area contributed by atoms with Gasteiger partial charge in [0.1, 0.15) is 5.69 Å². The summed E-state index contributed by atoms with van der Waals surface area (Å²) in [6.07, 6.45) is 11.1. The van der Waals surface area contributed by atoms with Gasteiger partial charge in [-0.15, -0.1) is 0 Å². The summed E-state index contributed by atoms with van der Waals surface area (Å²) in [6.45, 7) is 2.28. The molecule has 2 fully saturated rings. The molecule has 2 amide bonds. The fourth-order valence-electron chi connectivity index (χ4n) is 4.17. The van der Waals surface area contributed by atoms with Gasteiger partial charge in [0.25, 0.3) is 5.91 Å². The summed E-state index contributed by atoms with van der Waals surface area (Å²) in [6, 6.07) is 4.17. The number of imidazole rings is 1. The van der Waals surface area contributed by atoms with Crippen molar-refractivity contribution >= 4 is 11.8 Å². The number of hydrogen-bond acceptors (Lipinski definition) is 4. The number of amides is 2. The average molecular weight is 399 g/mol. The Kier molecular flexibility index (Phi) is 6.29. The van der Waals surface area contributed by atoms with Crippen molar-refractivity contribution in [2.45, 2.75) is 50.6 Å². The van der Waals surface area contributed by atoms with Crippen molar-refractivity contribution < 1.29 is 9.59 Å². The van der Waals surface area contributed by atoms with E-state index in [1.807, 2.05) is 6.07 Å². The van der Waals surface area contributed by atoms with Crippen LogP contribution in [0.3, 0.4) is 0 Å². The summed E-state index contributed by atoms with van der Waals surface area (Å²) >= 11 is 0. The normalized spacial score (nSPS) is 21.9. The van der Waals surface area contributed by atoms with Crippen molar-refractivity contribution in [2.24, 2.45) is 5.92 Å². The van der Waals surface area contributed by atoms with E-state index >= 15 is 0 Å². The van der Waals surface area contributed by atoms with Gasteiger partial charge in [0, 0.05) is 62.6 Å². The summed E-state index contributed by atoms with van der Waals surface area (Å²) in [5.74, 6) is 0.786. The first-order valence-corrected chi connectivity index (χ1v) is 10.6. The molecule has 0 bridgehead atoms. The first-order valence-electron chi connectivity index (χ1n) is 10.6. The maximum atomic E-state index is 12.5. The second kappa shape index (κ2) is 9.26. The van der Waals surface area contributed by atoms with Gasteiger partial charge in [0.05, 0.1) is 6.33 Å². The van der Waals surface area contributed by atoms with Gasteiger partial charge in [-0.1, -0.05) is 0 Å². The van der Waals surface area contributed by atoms with E-state index in [4.69, 9.17) is 0 Å². The number of carbonyl (C=O) groups excluding carboxylic acids is 2. The van der Waals surface area contributed by atoms with Crippen molar-refractivity contribution in [3.63, 3.8) is 0 Å². The van der Waals surface area contributed by atoms with E-state index < -0.39 is 0 Å². The molecule has 156 valence electrons. The van der Waals surface area contributed by atoms with Crippen LogP contribution in [0.5, 0.6) is 0 Å². The molecule has 4 rings (SSSR count). The maximum absolute atomic E-state index is 12.5. The second-order valence-electron chi connectivity index (χ2n) is 8.20. The summed E-state index contributed by atoms with van der Waals surface area (Å²) < 4.78 is 0. The largest absolute Gasteiger partial charge is 0.357 e. The Balaban J connectivity index is 1.26. The molecule has 3 heterocycles. The number of carbonyl (C=O) groups is 2. The van der Waals surface area contributed by atoms with Gasteiger partial charge < -0.3 is 20.6 Å². The number of nitrogens with zero attached hydrogens (tertiary/aromatic N) is 2. The Labute approximate surface area is 170 Å². The summed E-state index contributed by atoms with van der Waals surface area (Å²) in [5.41, 5.74) is 1.62. The molecule has 0 aromatic carbocycles. The molecule has 8 nitrogen and oxygen atoms in total. The fourth-order valence-corrected chi connectivity index (χ4v) is 4.17. The van der Waals surface area contributed by atoms with Gasteiger partial charge >= 0.3 is 0 Å². The highest BCUT2D eigenvalue weighted by atomic mass is 16.2. The lowest BCUT2D eigenvalue weighted by Crippen LogP contribution is -2.45. The summed E-state index contributed by atoms with van der Waals surface area (Å²) in [4.78, 5) is 37.2. The van der Waals surface area contributed by atoms with Crippen molar-refractivity contribution in [3.05, 3.63) is 42.2 Å². The Morgan fingerprint density at radius 1 is 1.14 bits per heavy atom. The highest BCUT2D eigenvalue weighted by molar-refractivity contribution is 5.92. The highest BCUT2D eigenvalue weighted by Crippen LogP contribution is 2.35. The molecular weight excluding hydrogens is 368 g/mol. The van der Waals surface area contributed by atoms with Crippen LogP contribution in [0.4, 0.5) is 0 Å². The monoisotopic (exact) mass is 398 g/mol. The quantitative estimate of drug-likeness (QED) is 0.486. The topological polar surface area (TPSA) is 106 Å². The van der Waals surface area contributed by atoms with Gasteiger partial charge in [-0.2, -0.15) is 0 Å². The van der Waals surface area contributed by atoms with E-state index in [0.29, 0.717) is 31.2 Å². The number of nitrogens with one attached hydrogen (secondary N) is 4. The van der Waals surface area contributed by atoms with E-state index in [2.05, 4.69) is 30.5 Å². The van der Waals surface area contributed by atoms with Crippen LogP contribution in [0.1, 0.15) is 48.3 Å². The molecule has 4 N–H and O–H groups in total. The number of H-pyrrole nitrogens is 2. The first kappa shape index (κ1) is 19.7. The number of hydrogen-bond donors (Lipinski definition) is 4. The van der Waals surface area contributed by atoms with E-state index in [0.717, 1.165) is 37.4 Å². The van der Waals surface area contributed by atoms with Crippen LogP contribution in [0.25, 0.3) is 0 Å².